The molecule has 180 valence electrons. The van der Waals surface area contributed by atoms with Crippen LogP contribution >= 0.6 is 0 Å². The van der Waals surface area contributed by atoms with Gasteiger partial charge in [-0.25, -0.2) is 0 Å². The van der Waals surface area contributed by atoms with Gasteiger partial charge in [0.05, 0.1) is 11.4 Å². The fourth-order valence-electron chi connectivity index (χ4n) is 7.37. The molecule has 2 nitrogen and oxygen atoms in total. The Labute approximate surface area is 219 Å². The normalized spacial score (nSPS) is 21.9. The second-order valence-corrected chi connectivity index (χ2v) is 11.6. The molecule has 2 heteroatoms. The van der Waals surface area contributed by atoms with Gasteiger partial charge < -0.3 is 9.80 Å². The van der Waals surface area contributed by atoms with Crippen LogP contribution in [0, 0.1) is 12.1 Å². The van der Waals surface area contributed by atoms with Gasteiger partial charge in [-0.3, -0.25) is 0 Å². The Bertz CT molecular complexity index is 1580. The Morgan fingerprint density at radius 2 is 1.70 bits per heavy atom. The molecule has 0 radical (unpaired) electrons. The van der Waals surface area contributed by atoms with E-state index in [-0.39, 0.29) is 11.6 Å². The number of hydrogen-bond donors (Lipinski definition) is 0. The molecule has 4 aliphatic rings. The van der Waals surface area contributed by atoms with E-state index in [0.29, 0.717) is 5.92 Å². The van der Waals surface area contributed by atoms with Gasteiger partial charge >= 0.3 is 0 Å². The fourth-order valence-corrected chi connectivity index (χ4v) is 7.37. The molecule has 2 aliphatic heterocycles. The summed E-state index contributed by atoms with van der Waals surface area (Å²) in [6.45, 7) is 5.63. The Morgan fingerprint density at radius 3 is 2.51 bits per heavy atom. The first-order valence-electron chi connectivity index (χ1n) is 13.6. The molecule has 0 saturated carbocycles. The van der Waals surface area contributed by atoms with Gasteiger partial charge in [-0.05, 0) is 83.3 Å². The van der Waals surface area contributed by atoms with Gasteiger partial charge in [0.1, 0.15) is 6.17 Å². The van der Waals surface area contributed by atoms with Crippen molar-refractivity contribution in [2.75, 3.05) is 9.80 Å². The van der Waals surface area contributed by atoms with E-state index in [1.165, 1.54) is 62.4 Å². The molecular formula is C35H30N2. The minimum atomic E-state index is -0.0412. The molecule has 8 rings (SSSR count). The topological polar surface area (TPSA) is 6.48 Å². The van der Waals surface area contributed by atoms with Crippen molar-refractivity contribution in [1.82, 2.24) is 0 Å². The first kappa shape index (κ1) is 21.2. The van der Waals surface area contributed by atoms with E-state index in [2.05, 4.69) is 115 Å². The lowest BCUT2D eigenvalue weighted by Crippen LogP contribution is -2.31. The summed E-state index contributed by atoms with van der Waals surface area (Å²) in [6.07, 6.45) is 6.17. The smallest absolute Gasteiger partial charge is 0.133 e. The molecule has 0 bridgehead atoms. The standard InChI is InChI=1S/C35H30N2/c1-35(2)30-13-7-6-12-27(30)29-21-28-25(20-31(29)35)22-36-32-14-8-9-15-33(32)37(34(28)36)26-18-16-24(17-19-26)23-10-4-3-5-11-23/h3-6,8-12,14-15,18,20-21,24,34H,16-17,19,22H2,1-2H3. The summed E-state index contributed by atoms with van der Waals surface area (Å²) < 4.78 is 0. The van der Waals surface area contributed by atoms with Crippen LogP contribution in [0.2, 0.25) is 0 Å². The zero-order valence-electron chi connectivity index (χ0n) is 21.5. The molecule has 0 saturated heterocycles. The van der Waals surface area contributed by atoms with Gasteiger partial charge in [-0.15, -0.1) is 0 Å². The molecule has 2 atom stereocenters. The van der Waals surface area contributed by atoms with Gasteiger partial charge in [0, 0.05) is 28.8 Å². The average Bonchev–Trinajstić information content (AvgIpc) is 3.54. The van der Waals surface area contributed by atoms with Crippen LogP contribution in [0.3, 0.4) is 0 Å². The van der Waals surface area contributed by atoms with Crippen molar-refractivity contribution in [2.24, 2.45) is 0 Å². The lowest BCUT2D eigenvalue weighted by Gasteiger charge is -2.34. The molecule has 2 heterocycles. The summed E-state index contributed by atoms with van der Waals surface area (Å²) >= 11 is 0. The van der Waals surface area contributed by atoms with Crippen LogP contribution in [0.5, 0.6) is 0 Å². The third-order valence-electron chi connectivity index (χ3n) is 9.24. The summed E-state index contributed by atoms with van der Waals surface area (Å²) in [5.74, 6) is 0.616. The maximum absolute atomic E-state index is 3.44. The average molecular weight is 479 g/mol. The van der Waals surface area contributed by atoms with Gasteiger partial charge in [0.2, 0.25) is 0 Å². The van der Waals surface area contributed by atoms with E-state index in [4.69, 9.17) is 0 Å². The van der Waals surface area contributed by atoms with E-state index >= 15 is 0 Å². The minimum Gasteiger partial charge on any atom is -0.341 e. The summed E-state index contributed by atoms with van der Waals surface area (Å²) in [4.78, 5) is 5.28. The van der Waals surface area contributed by atoms with Crippen molar-refractivity contribution >= 4 is 11.4 Å². The predicted molar refractivity (Wildman–Crippen MR) is 151 cm³/mol. The van der Waals surface area contributed by atoms with Gasteiger partial charge in [0.25, 0.3) is 0 Å². The molecule has 0 spiro atoms. The van der Waals surface area contributed by atoms with Crippen LogP contribution in [0.4, 0.5) is 11.4 Å². The highest BCUT2D eigenvalue weighted by Gasteiger charge is 2.46. The maximum atomic E-state index is 3.44. The Morgan fingerprint density at radius 1 is 0.892 bits per heavy atom. The zero-order valence-corrected chi connectivity index (χ0v) is 21.5. The number of allylic oxidation sites excluding steroid dienone is 2. The van der Waals surface area contributed by atoms with Crippen molar-refractivity contribution < 1.29 is 0 Å². The molecule has 0 amide bonds. The van der Waals surface area contributed by atoms with Crippen molar-refractivity contribution in [3.05, 3.63) is 131 Å². The number of anilines is 2. The first-order valence-corrected chi connectivity index (χ1v) is 13.6. The molecule has 0 aromatic heterocycles. The third-order valence-corrected chi connectivity index (χ3v) is 9.24. The summed E-state index contributed by atoms with van der Waals surface area (Å²) in [7, 11) is 0. The number of benzene rings is 3. The third kappa shape index (κ3) is 2.89. The molecule has 0 N–H and O–H groups in total. The van der Waals surface area contributed by atoms with Crippen molar-refractivity contribution in [3.63, 3.8) is 0 Å². The quantitative estimate of drug-likeness (QED) is 0.286. The van der Waals surface area contributed by atoms with Gasteiger partial charge in [-0.2, -0.15) is 0 Å². The van der Waals surface area contributed by atoms with Gasteiger partial charge in [0.15, 0.2) is 0 Å². The maximum Gasteiger partial charge on any atom is 0.133 e. The monoisotopic (exact) mass is 478 g/mol. The van der Waals surface area contributed by atoms with Crippen molar-refractivity contribution in [2.45, 2.75) is 57.2 Å². The number of rotatable bonds is 2. The van der Waals surface area contributed by atoms with Crippen LogP contribution in [-0.2, 0) is 12.0 Å². The highest BCUT2D eigenvalue weighted by atomic mass is 15.4. The minimum absolute atomic E-state index is 0.0412. The zero-order chi connectivity index (χ0) is 24.7. The van der Waals surface area contributed by atoms with E-state index in [1.807, 2.05) is 6.07 Å². The molecule has 4 aromatic rings. The molecule has 0 fully saturated rings. The summed E-state index contributed by atoms with van der Waals surface area (Å²) in [6, 6.07) is 35.9. The second kappa shape index (κ2) is 7.53. The SMILES string of the molecule is CC1(C)c2c#cccc2-c2cc3c(cc21)CN1c2ccccc2N(C2=CCC(c4ccccc4)CC2)C31. The highest BCUT2D eigenvalue weighted by Crippen LogP contribution is 2.57. The van der Waals surface area contributed by atoms with Gasteiger partial charge in [-0.1, -0.05) is 80.6 Å². The second-order valence-electron chi connectivity index (χ2n) is 11.6. The predicted octanol–water partition coefficient (Wildman–Crippen LogP) is 8.28. The summed E-state index contributed by atoms with van der Waals surface area (Å²) in [5.41, 5.74) is 13.9. The number of fused-ring (bicyclic) bond motifs is 8. The van der Waals surface area contributed by atoms with E-state index in [0.717, 1.165) is 19.4 Å². The van der Waals surface area contributed by atoms with Crippen LogP contribution in [0.25, 0.3) is 11.1 Å². The lowest BCUT2D eigenvalue weighted by atomic mass is 9.82. The first-order chi connectivity index (χ1) is 18.1. The Balaban J connectivity index is 1.23. The fraction of sp³-hybridized carbons (Fsp3) is 0.257. The van der Waals surface area contributed by atoms with Crippen LogP contribution in [-0.4, -0.2) is 0 Å². The molecule has 2 unspecified atom stereocenters. The summed E-state index contributed by atoms with van der Waals surface area (Å²) in [5, 5.41) is 0. The number of nitrogens with zero attached hydrogens (tertiary/aromatic N) is 2. The lowest BCUT2D eigenvalue weighted by molar-refractivity contribution is 0.569. The van der Waals surface area contributed by atoms with Crippen LogP contribution in [0.15, 0.2) is 90.6 Å². The molecule has 37 heavy (non-hydrogen) atoms. The van der Waals surface area contributed by atoms with Crippen LogP contribution in [0.1, 0.15) is 73.0 Å². The van der Waals surface area contributed by atoms with Crippen molar-refractivity contribution in [1.29, 1.82) is 0 Å². The Kier molecular flexibility index (Phi) is 4.30. The highest BCUT2D eigenvalue weighted by molar-refractivity contribution is 5.86. The molecule has 4 aromatic carbocycles. The molecular weight excluding hydrogens is 448 g/mol. The van der Waals surface area contributed by atoms with Crippen LogP contribution < -0.4 is 9.80 Å². The Hall–Kier alpha value is -3.96. The number of para-hydroxylation sites is 2. The van der Waals surface area contributed by atoms with E-state index < -0.39 is 0 Å². The molecule has 2 aliphatic carbocycles. The van der Waals surface area contributed by atoms with E-state index in [1.54, 1.807) is 0 Å². The van der Waals surface area contributed by atoms with E-state index in [9.17, 15) is 0 Å². The largest absolute Gasteiger partial charge is 0.341 e. The number of hydrogen-bond acceptors (Lipinski definition) is 2. The van der Waals surface area contributed by atoms with Crippen molar-refractivity contribution in [3.8, 4) is 11.1 Å².